The van der Waals surface area contributed by atoms with Crippen molar-refractivity contribution in [1.29, 1.82) is 0 Å². The predicted octanol–water partition coefficient (Wildman–Crippen LogP) is 5.96. The fourth-order valence-electron chi connectivity index (χ4n) is 3.46. The van der Waals surface area contributed by atoms with Crippen molar-refractivity contribution in [2.45, 2.75) is 111 Å². The molecule has 1 rings (SSSR count). The Hall–Kier alpha value is -1.27. The van der Waals surface area contributed by atoms with E-state index in [0.29, 0.717) is 0 Å². The molecular formula is C22H40BNO4. The Balaban J connectivity index is 3.04. The maximum Gasteiger partial charge on any atom is 0.469 e. The first kappa shape index (κ1) is 24.8. The highest BCUT2D eigenvalue weighted by atomic mass is 16.7. The van der Waals surface area contributed by atoms with Crippen molar-refractivity contribution < 1.29 is 18.8 Å². The minimum Gasteiger partial charge on any atom is -0.418 e. The number of hydrogen-bond acceptors (Lipinski definition) is 4. The first-order valence-electron chi connectivity index (χ1n) is 10.6. The van der Waals surface area contributed by atoms with Crippen molar-refractivity contribution >= 4 is 13.2 Å². The van der Waals surface area contributed by atoms with Crippen LogP contribution in [0.15, 0.2) is 24.0 Å². The molecule has 1 amide bonds. The second-order valence-corrected chi connectivity index (χ2v) is 9.00. The summed E-state index contributed by atoms with van der Waals surface area (Å²) in [6.07, 6.45) is 7.06. The minimum absolute atomic E-state index is 0.0750. The Bertz CT molecular complexity index is 557. The van der Waals surface area contributed by atoms with Gasteiger partial charge in [0.05, 0.1) is 17.5 Å². The lowest BCUT2D eigenvalue weighted by Crippen LogP contribution is -2.41. The maximum atomic E-state index is 12.5. The first-order chi connectivity index (χ1) is 12.9. The molecule has 0 bridgehead atoms. The molecular weight excluding hydrogens is 353 g/mol. The highest BCUT2D eigenvalue weighted by molar-refractivity contribution is 6.49. The topological polar surface area (TPSA) is 48.0 Å². The third kappa shape index (κ3) is 5.87. The van der Waals surface area contributed by atoms with Crippen LogP contribution in [-0.4, -0.2) is 41.4 Å². The summed E-state index contributed by atoms with van der Waals surface area (Å²) in [5, 5.41) is 0. The fraction of sp³-hybridized carbons (Fsp3) is 0.773. The van der Waals surface area contributed by atoms with Crippen molar-refractivity contribution in [2.24, 2.45) is 0 Å². The van der Waals surface area contributed by atoms with E-state index in [2.05, 4.69) is 19.9 Å². The van der Waals surface area contributed by atoms with Crippen LogP contribution in [0.2, 0.25) is 5.82 Å². The first-order valence-corrected chi connectivity index (χ1v) is 10.6. The molecule has 0 spiro atoms. The van der Waals surface area contributed by atoms with Crippen LogP contribution >= 0.6 is 0 Å². The molecule has 1 aliphatic heterocycles. The summed E-state index contributed by atoms with van der Waals surface area (Å²) in [6, 6.07) is 0.150. The molecule has 1 saturated heterocycles. The van der Waals surface area contributed by atoms with Gasteiger partial charge in [-0.2, -0.15) is 0 Å². The van der Waals surface area contributed by atoms with E-state index in [9.17, 15) is 4.79 Å². The van der Waals surface area contributed by atoms with Gasteiger partial charge in [0.2, 0.25) is 0 Å². The van der Waals surface area contributed by atoms with E-state index in [4.69, 9.17) is 14.0 Å². The van der Waals surface area contributed by atoms with Crippen molar-refractivity contribution in [2.75, 3.05) is 0 Å². The summed E-state index contributed by atoms with van der Waals surface area (Å²) in [5.41, 5.74) is 0.410. The third-order valence-corrected chi connectivity index (χ3v) is 5.65. The Labute approximate surface area is 172 Å². The smallest absolute Gasteiger partial charge is 0.418 e. The number of nitrogens with zero attached hydrogens (tertiary/aromatic N) is 1. The summed E-state index contributed by atoms with van der Waals surface area (Å²) in [5.74, 6) is -0.106. The largest absolute Gasteiger partial charge is 0.469 e. The van der Waals surface area contributed by atoms with Crippen LogP contribution in [0.1, 0.15) is 82.1 Å². The second-order valence-electron chi connectivity index (χ2n) is 9.00. The highest BCUT2D eigenvalue weighted by Crippen LogP contribution is 2.42. The molecule has 0 aromatic carbocycles. The number of rotatable bonds is 8. The quantitative estimate of drug-likeness (QED) is 0.290. The van der Waals surface area contributed by atoms with Crippen molar-refractivity contribution in [1.82, 2.24) is 4.90 Å². The van der Waals surface area contributed by atoms with E-state index in [-0.39, 0.29) is 24.0 Å². The van der Waals surface area contributed by atoms with Crippen LogP contribution in [0.25, 0.3) is 0 Å². The number of allylic oxidation sites excluding steroid dienone is 3. The Morgan fingerprint density at radius 1 is 1.04 bits per heavy atom. The summed E-state index contributed by atoms with van der Waals surface area (Å²) in [4.78, 5) is 14.2. The molecule has 1 fully saturated rings. The van der Waals surface area contributed by atoms with Crippen molar-refractivity contribution in [3.63, 3.8) is 0 Å². The molecule has 1 atom stereocenters. The standard InChI is InChI=1S/C22H40BNO4/c1-11-13-18(12-2)19(23-27-21(7,8)22(9,10)28-23)14-15-26-20(25)24(16(3)4)17(5)6/h13-17,19H,11-12H2,1-10H3/b15-14+,18-13+. The maximum absolute atomic E-state index is 12.5. The van der Waals surface area contributed by atoms with Crippen LogP contribution < -0.4 is 0 Å². The van der Waals surface area contributed by atoms with Gasteiger partial charge in [-0.1, -0.05) is 25.5 Å². The minimum atomic E-state index is -0.413. The predicted molar refractivity (Wildman–Crippen MR) is 116 cm³/mol. The molecule has 6 heteroatoms. The highest BCUT2D eigenvalue weighted by Gasteiger charge is 2.53. The van der Waals surface area contributed by atoms with Crippen LogP contribution in [0.4, 0.5) is 4.79 Å². The zero-order chi connectivity index (χ0) is 21.7. The van der Waals surface area contributed by atoms with Crippen LogP contribution in [0, 0.1) is 0 Å². The van der Waals surface area contributed by atoms with E-state index < -0.39 is 18.3 Å². The number of carbonyl (C=O) groups excluding carboxylic acids is 1. The second kappa shape index (κ2) is 9.97. The van der Waals surface area contributed by atoms with E-state index in [1.165, 1.54) is 11.8 Å². The van der Waals surface area contributed by atoms with Crippen LogP contribution in [-0.2, 0) is 14.0 Å². The molecule has 5 nitrogen and oxygen atoms in total. The van der Waals surface area contributed by atoms with E-state index in [0.717, 1.165) is 12.8 Å². The lowest BCUT2D eigenvalue weighted by molar-refractivity contribution is 0.00578. The Morgan fingerprint density at radius 3 is 1.93 bits per heavy atom. The number of hydrogen-bond donors (Lipinski definition) is 0. The van der Waals surface area contributed by atoms with E-state index in [1.54, 1.807) is 4.90 Å². The molecule has 160 valence electrons. The van der Waals surface area contributed by atoms with Gasteiger partial charge in [-0.25, -0.2) is 4.79 Å². The molecule has 1 heterocycles. The molecule has 0 aliphatic carbocycles. The average Bonchev–Trinajstić information content (AvgIpc) is 2.76. The van der Waals surface area contributed by atoms with Gasteiger partial charge < -0.3 is 18.9 Å². The van der Waals surface area contributed by atoms with E-state index in [1.807, 2.05) is 61.5 Å². The van der Waals surface area contributed by atoms with Crippen molar-refractivity contribution in [3.8, 4) is 0 Å². The molecule has 0 saturated carbocycles. The van der Waals surface area contributed by atoms with Gasteiger partial charge in [0.1, 0.15) is 0 Å². The molecule has 0 aromatic rings. The molecule has 1 aliphatic rings. The Kier molecular flexibility index (Phi) is 8.82. The average molecular weight is 393 g/mol. The van der Waals surface area contributed by atoms with Crippen LogP contribution in [0.3, 0.4) is 0 Å². The van der Waals surface area contributed by atoms with Gasteiger partial charge in [-0.3, -0.25) is 0 Å². The molecule has 28 heavy (non-hydrogen) atoms. The van der Waals surface area contributed by atoms with Gasteiger partial charge in [-0.15, -0.1) is 0 Å². The van der Waals surface area contributed by atoms with Crippen molar-refractivity contribution in [3.05, 3.63) is 24.0 Å². The lowest BCUT2D eigenvalue weighted by Gasteiger charge is -2.32. The van der Waals surface area contributed by atoms with Gasteiger partial charge >= 0.3 is 13.2 Å². The zero-order valence-electron chi connectivity index (χ0n) is 19.5. The summed E-state index contributed by atoms with van der Waals surface area (Å²) in [7, 11) is -0.413. The normalized spacial score (nSPS) is 20.3. The lowest BCUT2D eigenvalue weighted by atomic mass is 9.66. The molecule has 0 N–H and O–H groups in total. The number of carbonyl (C=O) groups is 1. The SMILES string of the molecule is CC/C=C(\CC)C(/C=C/OC(=O)N(C(C)C)C(C)C)B1OC(C)(C)C(C)(C)O1. The van der Waals surface area contributed by atoms with Crippen LogP contribution in [0.5, 0.6) is 0 Å². The van der Waals surface area contributed by atoms with Gasteiger partial charge in [-0.05, 0) is 74.3 Å². The molecule has 0 radical (unpaired) electrons. The summed E-state index contributed by atoms with van der Waals surface area (Å²) >= 11 is 0. The van der Waals surface area contributed by atoms with E-state index >= 15 is 0 Å². The summed E-state index contributed by atoms with van der Waals surface area (Å²) in [6.45, 7) is 20.4. The van der Waals surface area contributed by atoms with Gasteiger partial charge in [0.15, 0.2) is 0 Å². The summed E-state index contributed by atoms with van der Waals surface area (Å²) < 4.78 is 18.0. The Morgan fingerprint density at radius 2 is 1.54 bits per heavy atom. The molecule has 1 unspecified atom stereocenters. The number of amides is 1. The number of ether oxygens (including phenoxy) is 1. The third-order valence-electron chi connectivity index (χ3n) is 5.65. The van der Waals surface area contributed by atoms with Gasteiger partial charge in [0, 0.05) is 17.9 Å². The monoisotopic (exact) mass is 393 g/mol. The zero-order valence-corrected chi connectivity index (χ0v) is 19.5. The molecule has 0 aromatic heterocycles. The fourth-order valence-corrected chi connectivity index (χ4v) is 3.46. The van der Waals surface area contributed by atoms with Gasteiger partial charge in [0.25, 0.3) is 0 Å².